The van der Waals surface area contributed by atoms with Gasteiger partial charge >= 0.3 is 0 Å². The molecule has 0 saturated carbocycles. The molecule has 0 aliphatic carbocycles. The van der Waals surface area contributed by atoms with Gasteiger partial charge in [0, 0.05) is 38.4 Å². The van der Waals surface area contributed by atoms with Gasteiger partial charge in [0.05, 0.1) is 5.25 Å². The molecule has 3 unspecified atom stereocenters. The number of thioether (sulfide) groups is 1. The Morgan fingerprint density at radius 2 is 2.35 bits per heavy atom. The zero-order valence-corrected chi connectivity index (χ0v) is 13.1. The molecule has 6 heteroatoms. The number of imidazole rings is 1. The largest absolute Gasteiger partial charge is 0.385 e. The maximum Gasteiger partial charge on any atom is 0.235 e. The summed E-state index contributed by atoms with van der Waals surface area (Å²) >= 11 is 1.57. The molecule has 1 saturated heterocycles. The highest BCUT2D eigenvalue weighted by molar-refractivity contribution is 7.99. The van der Waals surface area contributed by atoms with Crippen LogP contribution in [0.15, 0.2) is 12.4 Å². The molecular weight excluding hydrogens is 274 g/mol. The van der Waals surface area contributed by atoms with E-state index in [2.05, 4.69) is 4.98 Å². The number of piperidine rings is 1. The average Bonchev–Trinajstić information content (AvgIpc) is 2.91. The van der Waals surface area contributed by atoms with Crippen molar-refractivity contribution in [2.45, 2.75) is 31.1 Å². The lowest BCUT2D eigenvalue weighted by atomic mass is 9.92. The summed E-state index contributed by atoms with van der Waals surface area (Å²) in [5.41, 5.74) is 0. The third-order valence-corrected chi connectivity index (χ3v) is 4.95. The summed E-state index contributed by atoms with van der Waals surface area (Å²) in [4.78, 5) is 18.4. The van der Waals surface area contributed by atoms with Crippen LogP contribution in [-0.2, 0) is 11.8 Å². The van der Waals surface area contributed by atoms with Crippen molar-refractivity contribution < 1.29 is 9.90 Å². The minimum absolute atomic E-state index is 0.0148. The zero-order valence-electron chi connectivity index (χ0n) is 12.3. The van der Waals surface area contributed by atoms with Crippen LogP contribution >= 0.6 is 11.8 Å². The van der Waals surface area contributed by atoms with E-state index in [-0.39, 0.29) is 17.1 Å². The van der Waals surface area contributed by atoms with Gasteiger partial charge in [0.15, 0.2) is 0 Å². The smallest absolute Gasteiger partial charge is 0.235 e. The Morgan fingerprint density at radius 1 is 1.60 bits per heavy atom. The van der Waals surface area contributed by atoms with Crippen molar-refractivity contribution in [1.29, 1.82) is 0 Å². The highest BCUT2D eigenvalue weighted by Crippen LogP contribution is 2.29. The molecule has 0 spiro atoms. The standard InChI is InChI=1S/C14H23N3O2S/c1-10(20-3)14(19)17-7-4-5-11(9-17)12(18)13-15-6-8-16(13)2/h6,8,10-12,18H,4-5,7,9H2,1-3H3. The van der Waals surface area contributed by atoms with E-state index in [1.165, 1.54) is 0 Å². The molecule has 1 aromatic heterocycles. The van der Waals surface area contributed by atoms with Crippen molar-refractivity contribution in [1.82, 2.24) is 14.5 Å². The van der Waals surface area contributed by atoms with Crippen molar-refractivity contribution in [3.8, 4) is 0 Å². The zero-order chi connectivity index (χ0) is 14.7. The summed E-state index contributed by atoms with van der Waals surface area (Å²) in [7, 11) is 1.88. The molecule has 0 radical (unpaired) electrons. The second-order valence-electron chi connectivity index (χ2n) is 5.41. The number of likely N-dealkylation sites (tertiary alicyclic amines) is 1. The number of aliphatic hydroxyl groups excluding tert-OH is 1. The molecule has 5 nitrogen and oxygen atoms in total. The van der Waals surface area contributed by atoms with Crippen LogP contribution in [0.5, 0.6) is 0 Å². The van der Waals surface area contributed by atoms with E-state index in [0.29, 0.717) is 12.4 Å². The lowest BCUT2D eigenvalue weighted by Crippen LogP contribution is -2.44. The van der Waals surface area contributed by atoms with Crippen molar-refractivity contribution >= 4 is 17.7 Å². The van der Waals surface area contributed by atoms with Gasteiger partial charge in [-0.1, -0.05) is 0 Å². The molecule has 2 heterocycles. The van der Waals surface area contributed by atoms with Gasteiger partial charge in [-0.25, -0.2) is 4.98 Å². The topological polar surface area (TPSA) is 58.4 Å². The van der Waals surface area contributed by atoms with E-state index in [1.54, 1.807) is 18.0 Å². The van der Waals surface area contributed by atoms with Gasteiger partial charge in [0.1, 0.15) is 11.9 Å². The number of hydrogen-bond acceptors (Lipinski definition) is 4. The fraction of sp³-hybridized carbons (Fsp3) is 0.714. The normalized spacial score (nSPS) is 22.6. The van der Waals surface area contributed by atoms with E-state index < -0.39 is 6.10 Å². The average molecular weight is 297 g/mol. The number of rotatable bonds is 4. The van der Waals surface area contributed by atoms with Gasteiger partial charge in [-0.2, -0.15) is 11.8 Å². The van der Waals surface area contributed by atoms with Crippen molar-refractivity contribution in [2.75, 3.05) is 19.3 Å². The highest BCUT2D eigenvalue weighted by atomic mass is 32.2. The van der Waals surface area contributed by atoms with Crippen LogP contribution < -0.4 is 0 Å². The molecule has 20 heavy (non-hydrogen) atoms. The Kier molecular flexibility index (Phi) is 5.10. The molecule has 1 N–H and O–H groups in total. The molecule has 1 aliphatic rings. The number of carbonyl (C=O) groups is 1. The number of amides is 1. The number of nitrogens with zero attached hydrogens (tertiary/aromatic N) is 3. The first-order valence-electron chi connectivity index (χ1n) is 7.01. The quantitative estimate of drug-likeness (QED) is 0.914. The number of aliphatic hydroxyl groups is 1. The maximum absolute atomic E-state index is 12.3. The third kappa shape index (κ3) is 3.17. The first-order valence-corrected chi connectivity index (χ1v) is 8.30. The summed E-state index contributed by atoms with van der Waals surface area (Å²) in [6, 6.07) is 0. The second-order valence-corrected chi connectivity index (χ2v) is 6.58. The van der Waals surface area contributed by atoms with Gasteiger partial charge in [0.25, 0.3) is 0 Å². The first-order chi connectivity index (χ1) is 9.54. The highest BCUT2D eigenvalue weighted by Gasteiger charge is 2.32. The molecule has 2 rings (SSSR count). The summed E-state index contributed by atoms with van der Waals surface area (Å²) in [5.74, 6) is 0.930. The lowest BCUT2D eigenvalue weighted by Gasteiger charge is -2.36. The van der Waals surface area contributed by atoms with Gasteiger partial charge in [-0.15, -0.1) is 0 Å². The van der Waals surface area contributed by atoms with Crippen LogP contribution in [0.2, 0.25) is 0 Å². The van der Waals surface area contributed by atoms with Crippen molar-refractivity contribution in [3.63, 3.8) is 0 Å². The number of aromatic nitrogens is 2. The second kappa shape index (κ2) is 6.63. The Hall–Kier alpha value is -1.01. The molecular formula is C14H23N3O2S. The minimum Gasteiger partial charge on any atom is -0.385 e. The first kappa shape index (κ1) is 15.4. The molecule has 0 bridgehead atoms. The number of aryl methyl sites for hydroxylation is 1. The fourth-order valence-electron chi connectivity index (χ4n) is 2.70. The molecule has 1 aromatic rings. The van der Waals surface area contributed by atoms with Crippen LogP contribution in [-0.4, -0.2) is 50.1 Å². The Labute approximate surface area is 124 Å². The molecule has 0 aromatic carbocycles. The third-order valence-electron chi connectivity index (χ3n) is 4.04. The maximum atomic E-state index is 12.3. The summed E-state index contributed by atoms with van der Waals surface area (Å²) in [6.45, 7) is 3.36. The molecule has 1 amide bonds. The monoisotopic (exact) mass is 297 g/mol. The summed E-state index contributed by atoms with van der Waals surface area (Å²) in [6.07, 6.45) is 6.76. The SMILES string of the molecule is CSC(C)C(=O)N1CCCC(C(O)c2nccn2C)C1. The Morgan fingerprint density at radius 3 is 2.95 bits per heavy atom. The van der Waals surface area contributed by atoms with E-state index in [4.69, 9.17) is 0 Å². The van der Waals surface area contributed by atoms with Crippen LogP contribution in [0.4, 0.5) is 0 Å². The Balaban J connectivity index is 2.03. The predicted octanol–water partition coefficient (Wildman–Crippen LogP) is 1.44. The van der Waals surface area contributed by atoms with Crippen LogP contribution in [0.25, 0.3) is 0 Å². The van der Waals surface area contributed by atoms with Crippen molar-refractivity contribution in [2.24, 2.45) is 13.0 Å². The van der Waals surface area contributed by atoms with Gasteiger partial charge in [-0.3, -0.25) is 4.79 Å². The van der Waals surface area contributed by atoms with E-state index in [0.717, 1.165) is 19.4 Å². The summed E-state index contributed by atoms with van der Waals surface area (Å²) < 4.78 is 1.84. The molecule has 1 aliphatic heterocycles. The minimum atomic E-state index is -0.602. The molecule has 112 valence electrons. The lowest BCUT2D eigenvalue weighted by molar-refractivity contribution is -0.133. The number of hydrogen-bond donors (Lipinski definition) is 1. The van der Waals surface area contributed by atoms with Crippen LogP contribution in [0, 0.1) is 5.92 Å². The number of carbonyl (C=O) groups excluding carboxylic acids is 1. The predicted molar refractivity (Wildman–Crippen MR) is 80.4 cm³/mol. The van der Waals surface area contributed by atoms with Gasteiger partial charge in [0.2, 0.25) is 5.91 Å². The van der Waals surface area contributed by atoms with E-state index in [9.17, 15) is 9.90 Å². The van der Waals surface area contributed by atoms with Crippen LogP contribution in [0.1, 0.15) is 31.7 Å². The van der Waals surface area contributed by atoms with Crippen LogP contribution in [0.3, 0.4) is 0 Å². The fourth-order valence-corrected chi connectivity index (χ4v) is 3.05. The molecule has 3 atom stereocenters. The van der Waals surface area contributed by atoms with Gasteiger partial charge < -0.3 is 14.6 Å². The molecule has 1 fully saturated rings. The van der Waals surface area contributed by atoms with E-state index >= 15 is 0 Å². The summed E-state index contributed by atoms with van der Waals surface area (Å²) in [5, 5.41) is 10.5. The Bertz CT molecular complexity index is 463. The van der Waals surface area contributed by atoms with E-state index in [1.807, 2.05) is 35.9 Å². The van der Waals surface area contributed by atoms with Gasteiger partial charge in [-0.05, 0) is 26.0 Å². The van der Waals surface area contributed by atoms with Crippen molar-refractivity contribution in [3.05, 3.63) is 18.2 Å².